The topological polar surface area (TPSA) is 166 Å². The zero-order valence-electron chi connectivity index (χ0n) is 23.0. The third-order valence-corrected chi connectivity index (χ3v) is 6.05. The molecule has 4 heterocycles. The number of nitrogens with zero attached hydrogens (tertiary/aromatic N) is 5. The fourth-order valence-corrected chi connectivity index (χ4v) is 4.10. The van der Waals surface area contributed by atoms with Gasteiger partial charge in [0.05, 0.1) is 17.3 Å². The van der Waals surface area contributed by atoms with Crippen molar-refractivity contribution in [3.63, 3.8) is 0 Å². The van der Waals surface area contributed by atoms with Gasteiger partial charge in [-0.05, 0) is 43.5 Å². The van der Waals surface area contributed by atoms with Crippen molar-refractivity contribution in [2.75, 3.05) is 24.5 Å². The number of amides is 1. The first-order valence-electron chi connectivity index (χ1n) is 12.3. The molecular weight excluding hydrogens is 641 g/mol. The van der Waals surface area contributed by atoms with Gasteiger partial charge in [0.15, 0.2) is 0 Å². The fraction of sp³-hybridized carbons (Fsp3) is 0.500. The number of halogens is 9. The molecule has 2 aromatic heterocycles. The van der Waals surface area contributed by atoms with Gasteiger partial charge in [-0.15, -0.1) is 0 Å². The molecule has 21 heteroatoms. The minimum atomic E-state index is -5.08. The molecule has 4 rings (SSSR count). The molecule has 3 N–H and O–H groups in total. The molecule has 1 atom stereocenters. The molecule has 1 spiro atoms. The number of pyridine rings is 1. The molecule has 0 radical (unpaired) electrons. The van der Waals surface area contributed by atoms with Gasteiger partial charge in [-0.3, -0.25) is 19.4 Å². The van der Waals surface area contributed by atoms with E-state index in [-0.39, 0.29) is 11.3 Å². The minimum Gasteiger partial charge on any atom is -0.475 e. The van der Waals surface area contributed by atoms with Gasteiger partial charge >= 0.3 is 36.4 Å². The van der Waals surface area contributed by atoms with E-state index in [1.807, 2.05) is 30.5 Å². The first-order chi connectivity index (χ1) is 20.5. The molecule has 0 bridgehead atoms. The highest BCUT2D eigenvalue weighted by Crippen LogP contribution is 2.42. The Hall–Kier alpha value is -4.43. The summed E-state index contributed by atoms with van der Waals surface area (Å²) in [4.78, 5) is 48.2. The predicted octanol–water partition coefficient (Wildman–Crippen LogP) is 3.73. The SMILES string of the molecule is Cn1cc(N2CCC3(CCCN(Cc4ccncc4)C3)C2=O)cn1.O=C(O)C(F)(F)F.O=C(O)C(F)(F)F.O=C(O)C(F)(F)F. The van der Waals surface area contributed by atoms with Gasteiger partial charge in [0, 0.05) is 45.3 Å². The quantitative estimate of drug-likeness (QED) is 0.411. The van der Waals surface area contributed by atoms with Gasteiger partial charge < -0.3 is 20.2 Å². The van der Waals surface area contributed by atoms with E-state index in [4.69, 9.17) is 29.7 Å². The lowest BCUT2D eigenvalue weighted by atomic mass is 9.78. The third-order valence-electron chi connectivity index (χ3n) is 6.05. The van der Waals surface area contributed by atoms with Crippen molar-refractivity contribution in [1.82, 2.24) is 19.7 Å². The van der Waals surface area contributed by atoms with Gasteiger partial charge in [0.25, 0.3) is 0 Å². The van der Waals surface area contributed by atoms with Crippen LogP contribution >= 0.6 is 0 Å². The second-order valence-corrected chi connectivity index (χ2v) is 9.44. The molecule has 2 saturated heterocycles. The highest BCUT2D eigenvalue weighted by atomic mass is 19.4. The number of hydrogen-bond donors (Lipinski definition) is 3. The highest BCUT2D eigenvalue weighted by molar-refractivity contribution is 6.00. The number of hydrogen-bond acceptors (Lipinski definition) is 7. The summed E-state index contributed by atoms with van der Waals surface area (Å²) in [6.45, 7) is 3.60. The maximum atomic E-state index is 13.1. The van der Waals surface area contributed by atoms with Gasteiger partial charge in [0.1, 0.15) is 0 Å². The highest BCUT2D eigenvalue weighted by Gasteiger charge is 2.49. The molecule has 1 unspecified atom stereocenters. The van der Waals surface area contributed by atoms with Gasteiger partial charge in [-0.25, -0.2) is 14.4 Å². The van der Waals surface area contributed by atoms with Crippen LogP contribution in [0.2, 0.25) is 0 Å². The molecule has 0 aliphatic carbocycles. The number of carboxylic acid groups (broad SMARTS) is 3. The number of rotatable bonds is 3. The number of carboxylic acids is 3. The van der Waals surface area contributed by atoms with Crippen LogP contribution in [-0.4, -0.2) is 97.0 Å². The zero-order chi connectivity index (χ0) is 34.8. The average molecular weight is 667 g/mol. The fourth-order valence-electron chi connectivity index (χ4n) is 4.10. The monoisotopic (exact) mass is 667 g/mol. The maximum Gasteiger partial charge on any atom is 0.490 e. The summed E-state index contributed by atoms with van der Waals surface area (Å²) in [7, 11) is 1.89. The van der Waals surface area contributed by atoms with Gasteiger partial charge in [-0.2, -0.15) is 44.6 Å². The summed E-state index contributed by atoms with van der Waals surface area (Å²) in [5.41, 5.74) is 1.96. The van der Waals surface area contributed by atoms with Crippen LogP contribution in [-0.2, 0) is 32.8 Å². The zero-order valence-corrected chi connectivity index (χ0v) is 23.0. The number of carbonyl (C=O) groups excluding carboxylic acids is 1. The number of aliphatic carboxylic acids is 3. The van der Waals surface area contributed by atoms with Crippen LogP contribution in [0.5, 0.6) is 0 Å². The lowest BCUT2D eigenvalue weighted by Gasteiger charge is -2.39. The summed E-state index contributed by atoms with van der Waals surface area (Å²) < 4.78 is 97.0. The van der Waals surface area contributed by atoms with Crippen molar-refractivity contribution in [3.05, 3.63) is 42.5 Å². The van der Waals surface area contributed by atoms with E-state index in [0.29, 0.717) is 0 Å². The second-order valence-electron chi connectivity index (χ2n) is 9.44. The van der Waals surface area contributed by atoms with E-state index in [1.165, 1.54) is 5.56 Å². The Balaban J connectivity index is 0.000000396. The van der Waals surface area contributed by atoms with Gasteiger partial charge in [-0.1, -0.05) is 0 Å². The molecule has 45 heavy (non-hydrogen) atoms. The molecular formula is C24H26F9N5O7. The smallest absolute Gasteiger partial charge is 0.475 e. The standard InChI is InChI=1S/C18H23N5O.3C2HF3O2/c1-21-13-16(11-20-21)23-10-6-18(17(23)24)5-2-9-22(14-18)12-15-3-7-19-8-4-15;3*3-2(4,5)1(6)7/h3-4,7-8,11,13H,2,5-6,9-10,12,14H2,1H3;3*(H,6,7). The molecule has 1 amide bonds. The number of alkyl halides is 9. The average Bonchev–Trinajstić information content (AvgIpc) is 3.47. The summed E-state index contributed by atoms with van der Waals surface area (Å²) in [6, 6.07) is 4.11. The summed E-state index contributed by atoms with van der Waals surface area (Å²) in [5.74, 6) is -8.00. The lowest BCUT2D eigenvalue weighted by Crippen LogP contribution is -2.47. The van der Waals surface area contributed by atoms with E-state index in [9.17, 15) is 44.3 Å². The number of likely N-dealkylation sites (tertiary alicyclic amines) is 1. The number of anilines is 1. The van der Waals surface area contributed by atoms with Crippen molar-refractivity contribution in [2.24, 2.45) is 12.5 Å². The molecule has 252 valence electrons. The third kappa shape index (κ3) is 12.6. The molecule has 2 aliphatic heterocycles. The van der Waals surface area contributed by atoms with E-state index in [0.717, 1.165) is 51.1 Å². The lowest BCUT2D eigenvalue weighted by molar-refractivity contribution is -0.193. The molecule has 2 aliphatic rings. The predicted molar refractivity (Wildman–Crippen MR) is 132 cm³/mol. The van der Waals surface area contributed by atoms with Crippen molar-refractivity contribution < 1.29 is 74.0 Å². The first-order valence-corrected chi connectivity index (χ1v) is 12.3. The van der Waals surface area contributed by atoms with Crippen LogP contribution in [0.25, 0.3) is 0 Å². The van der Waals surface area contributed by atoms with E-state index < -0.39 is 36.4 Å². The molecule has 12 nitrogen and oxygen atoms in total. The van der Waals surface area contributed by atoms with Crippen molar-refractivity contribution in [1.29, 1.82) is 0 Å². The van der Waals surface area contributed by atoms with Crippen LogP contribution in [0, 0.1) is 5.41 Å². The van der Waals surface area contributed by atoms with Crippen molar-refractivity contribution in [3.8, 4) is 0 Å². The number of carbonyl (C=O) groups is 4. The molecule has 0 saturated carbocycles. The van der Waals surface area contributed by atoms with Crippen LogP contribution in [0.1, 0.15) is 24.8 Å². The Morgan fingerprint density at radius 2 is 1.31 bits per heavy atom. The summed E-state index contributed by atoms with van der Waals surface area (Å²) >= 11 is 0. The molecule has 2 fully saturated rings. The van der Waals surface area contributed by atoms with Crippen molar-refractivity contribution >= 4 is 29.5 Å². The number of aromatic nitrogens is 3. The van der Waals surface area contributed by atoms with Crippen LogP contribution < -0.4 is 4.90 Å². The Kier molecular flexibility index (Phi) is 13.3. The summed E-state index contributed by atoms with van der Waals surface area (Å²) in [6.07, 6.45) is -4.86. The Labute approximate surface area is 247 Å². The first kappa shape index (κ1) is 38.6. The van der Waals surface area contributed by atoms with E-state index in [1.54, 1.807) is 10.9 Å². The largest absolute Gasteiger partial charge is 0.490 e. The van der Waals surface area contributed by atoms with Crippen molar-refractivity contribution in [2.45, 2.75) is 44.3 Å². The summed E-state index contributed by atoms with van der Waals surface area (Å²) in [5, 5.41) is 25.6. The van der Waals surface area contributed by atoms with Crippen LogP contribution in [0.3, 0.4) is 0 Å². The normalized spacial score (nSPS) is 18.5. The second kappa shape index (κ2) is 15.5. The molecule has 0 aromatic carbocycles. The molecule has 2 aromatic rings. The van der Waals surface area contributed by atoms with E-state index in [2.05, 4.69) is 27.1 Å². The van der Waals surface area contributed by atoms with Crippen LogP contribution in [0.4, 0.5) is 45.2 Å². The number of aryl methyl sites for hydroxylation is 1. The minimum absolute atomic E-state index is 0.221. The van der Waals surface area contributed by atoms with Crippen LogP contribution in [0.15, 0.2) is 36.9 Å². The number of piperidine rings is 1. The Morgan fingerprint density at radius 1 is 0.844 bits per heavy atom. The maximum absolute atomic E-state index is 13.1. The van der Waals surface area contributed by atoms with Gasteiger partial charge in [0.2, 0.25) is 5.91 Å². The Morgan fingerprint density at radius 3 is 1.71 bits per heavy atom. The van der Waals surface area contributed by atoms with E-state index >= 15 is 0 Å². The Bertz CT molecular complexity index is 1240.